The summed E-state index contributed by atoms with van der Waals surface area (Å²) >= 11 is 6.74. The standard InChI is InChI=1S/C24H30N4O2S2/c1-3-4-8-13-27-23(30)19(32-24(27)31)14-18-21(25-17-9-6-5-7-10-17)26-20-12-11-16(2)15-28(20)22(18)29/h11-12,14-15,17,25H,3-10,13H2,1-2H3. The van der Waals surface area contributed by atoms with Crippen molar-refractivity contribution >= 4 is 51.7 Å². The summed E-state index contributed by atoms with van der Waals surface area (Å²) in [4.78, 5) is 33.5. The molecule has 0 unspecified atom stereocenters. The molecule has 1 saturated heterocycles. The molecular weight excluding hydrogens is 440 g/mol. The Labute approximate surface area is 198 Å². The number of anilines is 1. The van der Waals surface area contributed by atoms with E-state index in [2.05, 4.69) is 12.2 Å². The highest BCUT2D eigenvalue weighted by molar-refractivity contribution is 8.26. The first-order chi connectivity index (χ1) is 15.5. The molecule has 2 fully saturated rings. The summed E-state index contributed by atoms with van der Waals surface area (Å²) in [5.41, 5.74) is 1.83. The van der Waals surface area contributed by atoms with E-state index in [0.29, 0.717) is 38.8 Å². The molecule has 2 aromatic rings. The SMILES string of the molecule is CCCCCN1C(=O)C(=Cc2c(NC3CCCCC3)nc3ccc(C)cn3c2=O)SC1=S. The third-order valence-corrected chi connectivity index (χ3v) is 7.46. The van der Waals surface area contributed by atoms with Crippen molar-refractivity contribution in [3.8, 4) is 0 Å². The second-order valence-corrected chi connectivity index (χ2v) is 10.3. The van der Waals surface area contributed by atoms with Crippen LogP contribution in [0.1, 0.15) is 69.4 Å². The van der Waals surface area contributed by atoms with Crippen LogP contribution in [0.5, 0.6) is 0 Å². The van der Waals surface area contributed by atoms with E-state index in [1.807, 2.05) is 19.1 Å². The minimum Gasteiger partial charge on any atom is -0.367 e. The number of unbranched alkanes of at least 4 members (excludes halogenated alkanes) is 2. The lowest BCUT2D eigenvalue weighted by Crippen LogP contribution is -2.29. The van der Waals surface area contributed by atoms with Crippen molar-refractivity contribution < 1.29 is 4.79 Å². The van der Waals surface area contributed by atoms with Crippen LogP contribution in [0.4, 0.5) is 5.82 Å². The molecule has 8 heteroatoms. The minimum absolute atomic E-state index is 0.117. The van der Waals surface area contributed by atoms with Crippen LogP contribution < -0.4 is 10.9 Å². The highest BCUT2D eigenvalue weighted by Gasteiger charge is 2.32. The quantitative estimate of drug-likeness (QED) is 0.343. The van der Waals surface area contributed by atoms with E-state index < -0.39 is 0 Å². The lowest BCUT2D eigenvalue weighted by molar-refractivity contribution is -0.122. The molecule has 3 heterocycles. The predicted molar refractivity (Wildman–Crippen MR) is 136 cm³/mol. The van der Waals surface area contributed by atoms with Gasteiger partial charge < -0.3 is 5.32 Å². The van der Waals surface area contributed by atoms with Gasteiger partial charge in [-0.1, -0.05) is 69.1 Å². The number of hydrogen-bond acceptors (Lipinski definition) is 6. The molecule has 0 bridgehead atoms. The van der Waals surface area contributed by atoms with Crippen molar-refractivity contribution in [2.75, 3.05) is 11.9 Å². The Morgan fingerprint density at radius 2 is 2.00 bits per heavy atom. The molecule has 170 valence electrons. The number of amides is 1. The van der Waals surface area contributed by atoms with Crippen molar-refractivity contribution in [2.24, 2.45) is 0 Å². The average Bonchev–Trinajstić information content (AvgIpc) is 3.05. The highest BCUT2D eigenvalue weighted by Crippen LogP contribution is 2.33. The van der Waals surface area contributed by atoms with Gasteiger partial charge in [-0.2, -0.15) is 0 Å². The summed E-state index contributed by atoms with van der Waals surface area (Å²) in [6, 6.07) is 4.10. The Bertz CT molecular complexity index is 1120. The number of carbonyl (C=O) groups excluding carboxylic acids is 1. The number of fused-ring (bicyclic) bond motifs is 1. The normalized spacial score (nSPS) is 18.8. The fourth-order valence-electron chi connectivity index (χ4n) is 4.28. The van der Waals surface area contributed by atoms with E-state index in [9.17, 15) is 9.59 Å². The molecule has 1 aliphatic heterocycles. The van der Waals surface area contributed by atoms with Gasteiger partial charge in [0.15, 0.2) is 0 Å². The Kier molecular flexibility index (Phi) is 7.30. The zero-order chi connectivity index (χ0) is 22.7. The Morgan fingerprint density at radius 3 is 2.75 bits per heavy atom. The zero-order valence-corrected chi connectivity index (χ0v) is 20.4. The summed E-state index contributed by atoms with van der Waals surface area (Å²) in [5, 5.41) is 3.51. The maximum absolute atomic E-state index is 13.5. The van der Waals surface area contributed by atoms with Crippen LogP contribution in [0.3, 0.4) is 0 Å². The second-order valence-electron chi connectivity index (χ2n) is 8.63. The largest absolute Gasteiger partial charge is 0.367 e. The fourth-order valence-corrected chi connectivity index (χ4v) is 5.57. The fraction of sp³-hybridized carbons (Fsp3) is 0.500. The van der Waals surface area contributed by atoms with Crippen LogP contribution >= 0.6 is 24.0 Å². The molecular formula is C24H30N4O2S2. The molecule has 4 rings (SSSR count). The first-order valence-electron chi connectivity index (χ1n) is 11.5. The monoisotopic (exact) mass is 470 g/mol. The van der Waals surface area contributed by atoms with Gasteiger partial charge in [-0.25, -0.2) is 4.98 Å². The number of nitrogens with one attached hydrogen (secondary N) is 1. The molecule has 0 aromatic carbocycles. The molecule has 2 aromatic heterocycles. The first kappa shape index (κ1) is 23.0. The lowest BCUT2D eigenvalue weighted by atomic mass is 9.95. The number of pyridine rings is 1. The van der Waals surface area contributed by atoms with E-state index in [4.69, 9.17) is 17.2 Å². The van der Waals surface area contributed by atoms with Gasteiger partial charge in [0.05, 0.1) is 10.5 Å². The Hall–Kier alpha value is -2.19. The number of nitrogens with zero attached hydrogens (tertiary/aromatic N) is 3. The summed E-state index contributed by atoms with van der Waals surface area (Å²) in [6.45, 7) is 4.70. The zero-order valence-electron chi connectivity index (χ0n) is 18.7. The van der Waals surface area contributed by atoms with Gasteiger partial charge in [-0.15, -0.1) is 0 Å². The van der Waals surface area contributed by atoms with Crippen LogP contribution in [0.15, 0.2) is 28.0 Å². The lowest BCUT2D eigenvalue weighted by Gasteiger charge is -2.24. The Morgan fingerprint density at radius 1 is 1.22 bits per heavy atom. The third-order valence-electron chi connectivity index (χ3n) is 6.09. The smallest absolute Gasteiger partial charge is 0.267 e. The van der Waals surface area contributed by atoms with Crippen LogP contribution in [-0.2, 0) is 4.79 Å². The molecule has 1 N–H and O–H groups in total. The third kappa shape index (κ3) is 4.91. The molecule has 1 amide bonds. The maximum atomic E-state index is 13.5. The van der Waals surface area contributed by atoms with Crippen molar-refractivity contribution in [3.63, 3.8) is 0 Å². The van der Waals surface area contributed by atoms with E-state index in [1.54, 1.807) is 21.6 Å². The van der Waals surface area contributed by atoms with Crippen LogP contribution in [0.2, 0.25) is 0 Å². The maximum Gasteiger partial charge on any atom is 0.267 e. The van der Waals surface area contributed by atoms with Gasteiger partial charge in [-0.05, 0) is 43.9 Å². The number of carbonyl (C=O) groups is 1. The van der Waals surface area contributed by atoms with Crippen LogP contribution in [-0.4, -0.2) is 37.1 Å². The minimum atomic E-state index is -0.173. The van der Waals surface area contributed by atoms with Crippen molar-refractivity contribution in [2.45, 2.75) is 71.3 Å². The number of rotatable bonds is 7. The van der Waals surface area contributed by atoms with Gasteiger partial charge in [-0.3, -0.25) is 18.9 Å². The number of thioether (sulfide) groups is 1. The molecule has 0 spiro atoms. The van der Waals surface area contributed by atoms with E-state index >= 15 is 0 Å². The van der Waals surface area contributed by atoms with Gasteiger partial charge in [0, 0.05) is 18.8 Å². The predicted octanol–water partition coefficient (Wildman–Crippen LogP) is 5.14. The molecule has 32 heavy (non-hydrogen) atoms. The molecule has 6 nitrogen and oxygen atoms in total. The Balaban J connectivity index is 1.73. The van der Waals surface area contributed by atoms with E-state index in [-0.39, 0.29) is 11.5 Å². The van der Waals surface area contributed by atoms with E-state index in [0.717, 1.165) is 37.7 Å². The second kappa shape index (κ2) is 10.2. The summed E-state index contributed by atoms with van der Waals surface area (Å²) in [7, 11) is 0. The molecule has 2 aliphatic rings. The summed E-state index contributed by atoms with van der Waals surface area (Å²) in [5.74, 6) is 0.440. The molecule has 1 aliphatic carbocycles. The summed E-state index contributed by atoms with van der Waals surface area (Å²) in [6.07, 6.45) is 12.3. The van der Waals surface area contributed by atoms with Crippen molar-refractivity contribution in [1.82, 2.24) is 14.3 Å². The van der Waals surface area contributed by atoms with Gasteiger partial charge in [0.25, 0.3) is 11.5 Å². The van der Waals surface area contributed by atoms with Gasteiger partial charge >= 0.3 is 0 Å². The summed E-state index contributed by atoms with van der Waals surface area (Å²) < 4.78 is 2.12. The first-order valence-corrected chi connectivity index (χ1v) is 12.8. The molecule has 1 saturated carbocycles. The number of aryl methyl sites for hydroxylation is 1. The van der Waals surface area contributed by atoms with E-state index in [1.165, 1.54) is 31.0 Å². The van der Waals surface area contributed by atoms with Crippen LogP contribution in [0, 0.1) is 6.92 Å². The highest BCUT2D eigenvalue weighted by atomic mass is 32.2. The number of aromatic nitrogens is 2. The number of thiocarbonyl (C=S) groups is 1. The average molecular weight is 471 g/mol. The van der Waals surface area contributed by atoms with Gasteiger partial charge in [0.1, 0.15) is 15.8 Å². The van der Waals surface area contributed by atoms with Gasteiger partial charge in [0.2, 0.25) is 0 Å². The molecule has 0 radical (unpaired) electrons. The topological polar surface area (TPSA) is 66.7 Å². The van der Waals surface area contributed by atoms with Crippen LogP contribution in [0.25, 0.3) is 11.7 Å². The molecule has 0 atom stereocenters. The van der Waals surface area contributed by atoms with Crippen molar-refractivity contribution in [1.29, 1.82) is 0 Å². The number of hydrogen-bond donors (Lipinski definition) is 1. The van der Waals surface area contributed by atoms with Crippen molar-refractivity contribution in [3.05, 3.63) is 44.7 Å².